The van der Waals surface area contributed by atoms with Crippen molar-refractivity contribution in [3.8, 4) is 11.3 Å². The van der Waals surface area contributed by atoms with Crippen molar-refractivity contribution in [2.24, 2.45) is 0 Å². The van der Waals surface area contributed by atoms with Crippen molar-refractivity contribution in [2.45, 2.75) is 6.92 Å². The van der Waals surface area contributed by atoms with Crippen LogP contribution in [0.25, 0.3) is 22.0 Å². The maximum atomic E-state index is 4.49. The van der Waals surface area contributed by atoms with Gasteiger partial charge in [0.25, 0.3) is 0 Å². The molecule has 0 unspecified atom stereocenters. The first-order valence-corrected chi connectivity index (χ1v) is 5.61. The van der Waals surface area contributed by atoms with E-state index in [1.165, 1.54) is 10.8 Å². The molecule has 2 heteroatoms. The van der Waals surface area contributed by atoms with Crippen LogP contribution in [0.5, 0.6) is 0 Å². The molecule has 0 aliphatic rings. The van der Waals surface area contributed by atoms with Gasteiger partial charge in [0, 0.05) is 29.0 Å². The molecule has 0 bridgehead atoms. The minimum absolute atomic E-state index is 1.01. The molecule has 2 heterocycles. The highest BCUT2D eigenvalue weighted by Gasteiger charge is 2.04. The predicted molar refractivity (Wildman–Crippen MR) is 69.7 cm³/mol. The Labute approximate surface area is 100.0 Å². The molecule has 0 radical (unpaired) electrons. The van der Waals surface area contributed by atoms with E-state index in [1.54, 1.807) is 0 Å². The van der Waals surface area contributed by atoms with Gasteiger partial charge in [-0.25, -0.2) is 0 Å². The second kappa shape index (κ2) is 3.98. The normalized spacial score (nSPS) is 10.6. The number of benzene rings is 1. The zero-order valence-electron chi connectivity index (χ0n) is 9.59. The molecule has 3 aromatic rings. The molecule has 82 valence electrons. The van der Waals surface area contributed by atoms with Gasteiger partial charge in [-0.15, -0.1) is 0 Å². The fraction of sp³-hybridized carbons (Fsp3) is 0.0667. The van der Waals surface area contributed by atoms with Crippen LogP contribution in [-0.2, 0) is 0 Å². The lowest BCUT2D eigenvalue weighted by molar-refractivity contribution is 1.20. The standard InChI is InChI=1S/C15H12N2/c1-11-10-13(7-8-16-11)15-14-5-3-2-4-12(14)6-9-17-15/h2-10H,1H3. The van der Waals surface area contributed by atoms with Crippen LogP contribution < -0.4 is 0 Å². The van der Waals surface area contributed by atoms with Gasteiger partial charge in [-0.2, -0.15) is 0 Å². The predicted octanol–water partition coefficient (Wildman–Crippen LogP) is 3.61. The highest BCUT2D eigenvalue weighted by atomic mass is 14.7. The van der Waals surface area contributed by atoms with Crippen LogP contribution in [0, 0.1) is 6.92 Å². The van der Waals surface area contributed by atoms with Gasteiger partial charge in [0.1, 0.15) is 0 Å². The molecule has 3 rings (SSSR count). The summed E-state index contributed by atoms with van der Waals surface area (Å²) >= 11 is 0. The van der Waals surface area contributed by atoms with Gasteiger partial charge < -0.3 is 0 Å². The highest BCUT2D eigenvalue weighted by Crippen LogP contribution is 2.25. The molecular weight excluding hydrogens is 208 g/mol. The van der Waals surface area contributed by atoms with E-state index in [0.29, 0.717) is 0 Å². The monoisotopic (exact) mass is 220 g/mol. The second-order valence-corrected chi connectivity index (χ2v) is 4.07. The highest BCUT2D eigenvalue weighted by molar-refractivity contribution is 5.94. The quantitative estimate of drug-likeness (QED) is 0.626. The molecule has 1 aromatic carbocycles. The van der Waals surface area contributed by atoms with Crippen LogP contribution in [-0.4, -0.2) is 9.97 Å². The number of nitrogens with zero attached hydrogens (tertiary/aromatic N) is 2. The average Bonchev–Trinajstić information content (AvgIpc) is 2.38. The number of rotatable bonds is 1. The molecule has 0 spiro atoms. The van der Waals surface area contributed by atoms with Crippen LogP contribution in [0.1, 0.15) is 5.69 Å². The molecule has 17 heavy (non-hydrogen) atoms. The summed E-state index contributed by atoms with van der Waals surface area (Å²) in [7, 11) is 0. The van der Waals surface area contributed by atoms with Crippen molar-refractivity contribution in [1.82, 2.24) is 9.97 Å². The first-order valence-electron chi connectivity index (χ1n) is 5.61. The van der Waals surface area contributed by atoms with E-state index in [9.17, 15) is 0 Å². The molecular formula is C15H12N2. The van der Waals surface area contributed by atoms with Crippen molar-refractivity contribution < 1.29 is 0 Å². The van der Waals surface area contributed by atoms with E-state index < -0.39 is 0 Å². The van der Waals surface area contributed by atoms with E-state index in [4.69, 9.17) is 0 Å². The molecule has 0 fully saturated rings. The molecule has 0 aliphatic heterocycles. The number of hydrogen-bond donors (Lipinski definition) is 0. The molecule has 0 saturated carbocycles. The van der Waals surface area contributed by atoms with Crippen molar-refractivity contribution in [3.63, 3.8) is 0 Å². The Kier molecular flexibility index (Phi) is 2.33. The van der Waals surface area contributed by atoms with Crippen LogP contribution in [0.15, 0.2) is 54.9 Å². The minimum Gasteiger partial charge on any atom is -0.262 e. The van der Waals surface area contributed by atoms with Crippen LogP contribution in [0.4, 0.5) is 0 Å². The summed E-state index contributed by atoms with van der Waals surface area (Å²) in [5, 5.41) is 2.40. The summed E-state index contributed by atoms with van der Waals surface area (Å²) < 4.78 is 0. The smallest absolute Gasteiger partial charge is 0.0781 e. The Morgan fingerprint density at radius 2 is 1.71 bits per heavy atom. The summed E-state index contributed by atoms with van der Waals surface area (Å²) in [4.78, 5) is 8.71. The first-order chi connectivity index (χ1) is 8.34. The average molecular weight is 220 g/mol. The Morgan fingerprint density at radius 3 is 2.59 bits per heavy atom. The fourth-order valence-electron chi connectivity index (χ4n) is 2.04. The van der Waals surface area contributed by atoms with Gasteiger partial charge in [0.05, 0.1) is 5.69 Å². The lowest BCUT2D eigenvalue weighted by atomic mass is 10.0. The number of aryl methyl sites for hydroxylation is 1. The zero-order valence-corrected chi connectivity index (χ0v) is 9.59. The van der Waals surface area contributed by atoms with Crippen molar-refractivity contribution >= 4 is 10.8 Å². The lowest BCUT2D eigenvalue weighted by Crippen LogP contribution is -1.87. The van der Waals surface area contributed by atoms with Gasteiger partial charge >= 0.3 is 0 Å². The van der Waals surface area contributed by atoms with E-state index in [0.717, 1.165) is 17.0 Å². The Balaban J connectivity index is 2.30. The summed E-state index contributed by atoms with van der Waals surface area (Å²) in [6.07, 6.45) is 3.68. The maximum Gasteiger partial charge on any atom is 0.0781 e. The number of hydrogen-bond acceptors (Lipinski definition) is 2. The van der Waals surface area contributed by atoms with Crippen molar-refractivity contribution in [3.05, 3.63) is 60.6 Å². The van der Waals surface area contributed by atoms with Gasteiger partial charge in [-0.3, -0.25) is 9.97 Å². The summed E-state index contributed by atoms with van der Waals surface area (Å²) in [5.41, 5.74) is 3.15. The maximum absolute atomic E-state index is 4.49. The topological polar surface area (TPSA) is 25.8 Å². The summed E-state index contributed by atoms with van der Waals surface area (Å²) in [6, 6.07) is 14.4. The fourth-order valence-corrected chi connectivity index (χ4v) is 2.04. The summed E-state index contributed by atoms with van der Waals surface area (Å²) in [5.74, 6) is 0. The third kappa shape index (κ3) is 1.78. The lowest BCUT2D eigenvalue weighted by Gasteiger charge is -2.05. The van der Waals surface area contributed by atoms with Crippen LogP contribution >= 0.6 is 0 Å². The molecule has 2 aromatic heterocycles. The van der Waals surface area contributed by atoms with Crippen LogP contribution in [0.2, 0.25) is 0 Å². The van der Waals surface area contributed by atoms with Gasteiger partial charge in [-0.1, -0.05) is 24.3 Å². The Hall–Kier alpha value is -2.22. The third-order valence-corrected chi connectivity index (χ3v) is 2.84. The van der Waals surface area contributed by atoms with Gasteiger partial charge in [-0.05, 0) is 30.5 Å². The number of aromatic nitrogens is 2. The Bertz CT molecular complexity index is 669. The third-order valence-electron chi connectivity index (χ3n) is 2.84. The van der Waals surface area contributed by atoms with Gasteiger partial charge in [0.2, 0.25) is 0 Å². The van der Waals surface area contributed by atoms with E-state index in [-0.39, 0.29) is 0 Å². The number of fused-ring (bicyclic) bond motifs is 1. The largest absolute Gasteiger partial charge is 0.262 e. The molecule has 0 N–H and O–H groups in total. The number of pyridine rings is 2. The summed E-state index contributed by atoms with van der Waals surface area (Å²) in [6.45, 7) is 1.99. The Morgan fingerprint density at radius 1 is 0.882 bits per heavy atom. The molecule has 2 nitrogen and oxygen atoms in total. The zero-order chi connectivity index (χ0) is 11.7. The molecule has 0 saturated heterocycles. The SMILES string of the molecule is Cc1cc(-c2nccc3ccccc23)ccn1. The van der Waals surface area contributed by atoms with E-state index >= 15 is 0 Å². The minimum atomic E-state index is 1.01. The molecule has 0 atom stereocenters. The first kappa shape index (κ1) is 9.97. The van der Waals surface area contributed by atoms with Gasteiger partial charge in [0.15, 0.2) is 0 Å². The second-order valence-electron chi connectivity index (χ2n) is 4.07. The van der Waals surface area contributed by atoms with Crippen molar-refractivity contribution in [2.75, 3.05) is 0 Å². The van der Waals surface area contributed by atoms with Crippen LogP contribution in [0.3, 0.4) is 0 Å². The molecule has 0 amide bonds. The van der Waals surface area contributed by atoms with E-state index in [1.807, 2.05) is 43.6 Å². The molecule has 0 aliphatic carbocycles. The van der Waals surface area contributed by atoms with E-state index in [2.05, 4.69) is 28.2 Å². The van der Waals surface area contributed by atoms with Crippen molar-refractivity contribution in [1.29, 1.82) is 0 Å².